The molecule has 0 aliphatic heterocycles. The molecule has 0 spiro atoms. The van der Waals surface area contributed by atoms with Gasteiger partial charge in [-0.25, -0.2) is 14.0 Å². The Morgan fingerprint density at radius 3 is 2.39 bits per heavy atom. The summed E-state index contributed by atoms with van der Waals surface area (Å²) in [6.07, 6.45) is -0.921. The number of carbonyl (C=O) groups excluding carboxylic acids is 3. The summed E-state index contributed by atoms with van der Waals surface area (Å²) in [5, 5.41) is 2.31. The highest BCUT2D eigenvalue weighted by atomic mass is 19.1. The van der Waals surface area contributed by atoms with E-state index < -0.39 is 23.5 Å². The Morgan fingerprint density at radius 2 is 1.87 bits per heavy atom. The first kappa shape index (κ1) is 18.6. The van der Waals surface area contributed by atoms with E-state index in [1.807, 2.05) is 0 Å². The predicted molar refractivity (Wildman–Crippen MR) is 80.7 cm³/mol. The summed E-state index contributed by atoms with van der Waals surface area (Å²) in [7, 11) is 1.19. The minimum atomic E-state index is -0.715. The zero-order chi connectivity index (χ0) is 17.6. The van der Waals surface area contributed by atoms with Crippen molar-refractivity contribution in [2.24, 2.45) is 0 Å². The summed E-state index contributed by atoms with van der Waals surface area (Å²) in [5.41, 5.74) is -0.468. The number of esters is 1. The molecule has 1 aromatic rings. The van der Waals surface area contributed by atoms with Crippen molar-refractivity contribution in [3.63, 3.8) is 0 Å². The number of Topliss-reactive ketones (excluding diaryl/α,β-unsaturated/α-hetero) is 1. The van der Waals surface area contributed by atoms with Crippen LogP contribution >= 0.6 is 0 Å². The predicted octanol–water partition coefficient (Wildman–Crippen LogP) is 2.25. The van der Waals surface area contributed by atoms with Crippen LogP contribution in [-0.2, 0) is 20.7 Å². The Morgan fingerprint density at radius 1 is 1.22 bits per heavy atom. The zero-order valence-electron chi connectivity index (χ0n) is 13.6. The van der Waals surface area contributed by atoms with Crippen molar-refractivity contribution < 1.29 is 28.2 Å². The number of rotatable bonds is 5. The van der Waals surface area contributed by atoms with Gasteiger partial charge in [0.15, 0.2) is 5.78 Å². The molecule has 0 aliphatic rings. The number of methoxy groups -OCH3 is 1. The average Bonchev–Trinajstić information content (AvgIpc) is 2.44. The molecule has 126 valence electrons. The van der Waals surface area contributed by atoms with Crippen molar-refractivity contribution in [3.8, 4) is 0 Å². The number of hydrogen-bond acceptors (Lipinski definition) is 5. The molecule has 0 heterocycles. The van der Waals surface area contributed by atoms with E-state index in [9.17, 15) is 18.8 Å². The molecule has 0 atom stereocenters. The zero-order valence-corrected chi connectivity index (χ0v) is 13.6. The van der Waals surface area contributed by atoms with E-state index in [1.54, 1.807) is 20.8 Å². The van der Waals surface area contributed by atoms with E-state index in [1.165, 1.54) is 19.2 Å². The first-order chi connectivity index (χ1) is 10.6. The van der Waals surface area contributed by atoms with Crippen molar-refractivity contribution in [2.75, 3.05) is 13.7 Å². The van der Waals surface area contributed by atoms with Crippen LogP contribution < -0.4 is 5.32 Å². The van der Waals surface area contributed by atoms with Gasteiger partial charge in [0.2, 0.25) is 0 Å². The molecule has 1 amide bonds. The standard InChI is InChI=1S/C16H20FNO5/c1-16(2,3)23-15(21)18-9-12(19)7-10-5-6-11(8-13(10)17)14(20)22-4/h5-6,8H,7,9H2,1-4H3,(H,18,21). The number of alkyl carbamates (subject to hydrolysis) is 1. The Bertz CT molecular complexity index is 607. The normalized spacial score (nSPS) is 10.8. The number of carbonyl (C=O) groups is 3. The third-order valence-electron chi connectivity index (χ3n) is 2.69. The molecule has 0 aromatic heterocycles. The highest BCUT2D eigenvalue weighted by Gasteiger charge is 2.17. The number of hydrogen-bond donors (Lipinski definition) is 1. The summed E-state index contributed by atoms with van der Waals surface area (Å²) in [4.78, 5) is 34.5. The smallest absolute Gasteiger partial charge is 0.408 e. The highest BCUT2D eigenvalue weighted by molar-refractivity contribution is 5.90. The molecule has 0 saturated carbocycles. The fourth-order valence-corrected chi connectivity index (χ4v) is 1.70. The van der Waals surface area contributed by atoms with Gasteiger partial charge in [0.05, 0.1) is 19.2 Å². The minimum absolute atomic E-state index is 0.0630. The van der Waals surface area contributed by atoms with Crippen LogP contribution in [0.5, 0.6) is 0 Å². The molecule has 0 radical (unpaired) electrons. The van der Waals surface area contributed by atoms with E-state index in [2.05, 4.69) is 10.1 Å². The fraction of sp³-hybridized carbons (Fsp3) is 0.438. The van der Waals surface area contributed by atoms with Gasteiger partial charge in [-0.15, -0.1) is 0 Å². The second-order valence-corrected chi connectivity index (χ2v) is 5.87. The topological polar surface area (TPSA) is 81.7 Å². The number of nitrogens with one attached hydrogen (secondary N) is 1. The van der Waals surface area contributed by atoms with Gasteiger partial charge < -0.3 is 14.8 Å². The molecule has 1 rings (SSSR count). The van der Waals surface area contributed by atoms with Crippen molar-refractivity contribution in [2.45, 2.75) is 32.8 Å². The van der Waals surface area contributed by atoms with Crippen molar-refractivity contribution >= 4 is 17.8 Å². The van der Waals surface area contributed by atoms with Crippen LogP contribution in [0.25, 0.3) is 0 Å². The van der Waals surface area contributed by atoms with Gasteiger partial charge in [-0.05, 0) is 38.5 Å². The van der Waals surface area contributed by atoms with Gasteiger partial charge in [-0.1, -0.05) is 6.07 Å². The Hall–Kier alpha value is -2.44. The van der Waals surface area contributed by atoms with E-state index in [0.29, 0.717) is 0 Å². The molecular formula is C16H20FNO5. The molecule has 7 heteroatoms. The summed E-state index contributed by atoms with van der Waals surface area (Å²) < 4.78 is 23.3. The van der Waals surface area contributed by atoms with Crippen LogP contribution in [0.1, 0.15) is 36.7 Å². The molecule has 0 unspecified atom stereocenters. The van der Waals surface area contributed by atoms with Crippen molar-refractivity contribution in [1.29, 1.82) is 0 Å². The lowest BCUT2D eigenvalue weighted by Crippen LogP contribution is -2.35. The first-order valence-electron chi connectivity index (χ1n) is 6.97. The van der Waals surface area contributed by atoms with Crippen LogP contribution in [0.3, 0.4) is 0 Å². The summed E-state index contributed by atoms with van der Waals surface area (Å²) >= 11 is 0. The molecule has 0 aliphatic carbocycles. The lowest BCUT2D eigenvalue weighted by atomic mass is 10.1. The molecular weight excluding hydrogens is 305 g/mol. The van der Waals surface area contributed by atoms with E-state index in [4.69, 9.17) is 4.74 Å². The van der Waals surface area contributed by atoms with E-state index in [0.717, 1.165) is 6.07 Å². The minimum Gasteiger partial charge on any atom is -0.465 e. The largest absolute Gasteiger partial charge is 0.465 e. The number of amides is 1. The van der Waals surface area contributed by atoms with E-state index in [-0.39, 0.29) is 29.9 Å². The first-order valence-corrected chi connectivity index (χ1v) is 6.97. The molecule has 0 bridgehead atoms. The van der Waals surface area contributed by atoms with E-state index >= 15 is 0 Å². The Balaban J connectivity index is 2.58. The van der Waals surface area contributed by atoms with Gasteiger partial charge in [-0.2, -0.15) is 0 Å². The number of benzene rings is 1. The summed E-state index contributed by atoms with van der Waals surface area (Å²) in [6.45, 7) is 4.83. The van der Waals surface area contributed by atoms with Gasteiger partial charge >= 0.3 is 12.1 Å². The summed E-state index contributed by atoms with van der Waals surface area (Å²) in [6, 6.07) is 3.72. The number of halogens is 1. The molecule has 1 aromatic carbocycles. The molecule has 1 N–H and O–H groups in total. The van der Waals surface area contributed by atoms with Gasteiger partial charge in [-0.3, -0.25) is 4.79 Å². The Labute approximate surface area is 134 Å². The SMILES string of the molecule is COC(=O)c1ccc(CC(=O)CNC(=O)OC(C)(C)C)c(F)c1. The molecule has 0 fully saturated rings. The molecule has 0 saturated heterocycles. The van der Waals surface area contributed by atoms with Crippen molar-refractivity contribution in [1.82, 2.24) is 5.32 Å². The second-order valence-electron chi connectivity index (χ2n) is 5.87. The van der Waals surface area contributed by atoms with Gasteiger partial charge in [0.25, 0.3) is 0 Å². The van der Waals surface area contributed by atoms with Crippen LogP contribution in [0.15, 0.2) is 18.2 Å². The lowest BCUT2D eigenvalue weighted by Gasteiger charge is -2.19. The van der Waals surface area contributed by atoms with Crippen LogP contribution in [-0.4, -0.2) is 37.1 Å². The fourth-order valence-electron chi connectivity index (χ4n) is 1.70. The Kier molecular flexibility index (Phi) is 6.24. The maximum atomic E-state index is 13.9. The molecule has 6 nitrogen and oxygen atoms in total. The average molecular weight is 325 g/mol. The van der Waals surface area contributed by atoms with Crippen LogP contribution in [0, 0.1) is 5.82 Å². The third kappa shape index (κ3) is 6.46. The number of ether oxygens (including phenoxy) is 2. The van der Waals surface area contributed by atoms with Crippen LogP contribution in [0.2, 0.25) is 0 Å². The number of ketones is 1. The lowest BCUT2D eigenvalue weighted by molar-refractivity contribution is -0.117. The monoisotopic (exact) mass is 325 g/mol. The van der Waals surface area contributed by atoms with Gasteiger partial charge in [0, 0.05) is 6.42 Å². The second kappa shape index (κ2) is 7.71. The summed E-state index contributed by atoms with van der Waals surface area (Å²) in [5.74, 6) is -1.73. The maximum Gasteiger partial charge on any atom is 0.408 e. The third-order valence-corrected chi connectivity index (χ3v) is 2.69. The highest BCUT2D eigenvalue weighted by Crippen LogP contribution is 2.12. The van der Waals surface area contributed by atoms with Gasteiger partial charge in [0.1, 0.15) is 11.4 Å². The quantitative estimate of drug-likeness (QED) is 0.840. The van der Waals surface area contributed by atoms with Crippen molar-refractivity contribution in [3.05, 3.63) is 35.1 Å². The maximum absolute atomic E-state index is 13.9. The van der Waals surface area contributed by atoms with Crippen LogP contribution in [0.4, 0.5) is 9.18 Å². The molecule has 23 heavy (non-hydrogen) atoms.